The molecule has 2 N–H and O–H groups in total. The molecule has 0 fully saturated rings. The van der Waals surface area contributed by atoms with Crippen molar-refractivity contribution in [1.82, 2.24) is 9.97 Å². The molecule has 1 aliphatic rings. The fourth-order valence-corrected chi connectivity index (χ4v) is 3.71. The van der Waals surface area contributed by atoms with Crippen LogP contribution < -0.4 is 10.9 Å². The topological polar surface area (TPSA) is 84.1 Å². The maximum atomic E-state index is 13.5. The Morgan fingerprint density at radius 3 is 2.69 bits per heavy atom. The molecule has 6 nitrogen and oxygen atoms in total. The smallest absolute Gasteiger partial charge is 0.337 e. The standard InChI is InChI=1S/C21H20FN3O3S/c1-4-10-28-20(27)15-12(3)23-18-17(16(15)13-6-8-14(22)9-7-13)19(26)25-21(24-18)29-11-5-2/h4-9,16H,1-2,10-11H2,3H3,(H2,23,24,25,26). The first-order chi connectivity index (χ1) is 14.0. The van der Waals surface area contributed by atoms with E-state index in [-0.39, 0.29) is 23.3 Å². The molecular formula is C21H20FN3O3S. The molecule has 1 aromatic heterocycles. The van der Waals surface area contributed by atoms with Gasteiger partial charge in [0.15, 0.2) is 5.16 Å². The van der Waals surface area contributed by atoms with Crippen molar-refractivity contribution >= 4 is 23.5 Å². The average Bonchev–Trinajstić information content (AvgIpc) is 2.70. The summed E-state index contributed by atoms with van der Waals surface area (Å²) in [5.41, 5.74) is 1.25. The zero-order valence-electron chi connectivity index (χ0n) is 15.8. The molecule has 0 aliphatic carbocycles. The average molecular weight is 413 g/mol. The lowest BCUT2D eigenvalue weighted by Crippen LogP contribution is -2.31. The second kappa shape index (κ2) is 8.91. The van der Waals surface area contributed by atoms with Gasteiger partial charge in [0.25, 0.3) is 5.56 Å². The van der Waals surface area contributed by atoms with E-state index in [2.05, 4.69) is 28.4 Å². The lowest BCUT2D eigenvalue weighted by molar-refractivity contribution is -0.138. The number of carbonyl (C=O) groups is 1. The molecule has 2 aromatic rings. The number of allylic oxidation sites excluding steroid dienone is 1. The number of rotatable bonds is 7. The highest BCUT2D eigenvalue weighted by Gasteiger charge is 2.36. The molecule has 150 valence electrons. The van der Waals surface area contributed by atoms with Crippen LogP contribution in [0.4, 0.5) is 10.2 Å². The Balaban J connectivity index is 2.17. The zero-order valence-corrected chi connectivity index (χ0v) is 16.6. The van der Waals surface area contributed by atoms with Crippen molar-refractivity contribution in [3.05, 3.63) is 88.1 Å². The Labute approximate surface area is 171 Å². The molecule has 1 aliphatic heterocycles. The van der Waals surface area contributed by atoms with Gasteiger partial charge in [-0.1, -0.05) is 42.6 Å². The van der Waals surface area contributed by atoms with Crippen LogP contribution in [0, 0.1) is 5.82 Å². The SMILES string of the molecule is C=CCOC(=O)C1=C(C)Nc2nc(SCC=C)[nH]c(=O)c2C1c1ccc(F)cc1. The van der Waals surface area contributed by atoms with Crippen molar-refractivity contribution in [2.24, 2.45) is 0 Å². The molecule has 1 unspecified atom stereocenters. The number of aromatic amines is 1. The van der Waals surface area contributed by atoms with Crippen LogP contribution in [0.25, 0.3) is 0 Å². The van der Waals surface area contributed by atoms with E-state index in [0.717, 1.165) is 0 Å². The van der Waals surface area contributed by atoms with E-state index in [1.165, 1.54) is 30.0 Å². The van der Waals surface area contributed by atoms with Gasteiger partial charge < -0.3 is 15.0 Å². The minimum Gasteiger partial charge on any atom is -0.458 e. The van der Waals surface area contributed by atoms with E-state index in [0.29, 0.717) is 28.0 Å². The van der Waals surface area contributed by atoms with E-state index in [1.54, 1.807) is 25.1 Å². The summed E-state index contributed by atoms with van der Waals surface area (Å²) in [5, 5.41) is 3.48. The van der Waals surface area contributed by atoms with Gasteiger partial charge in [0.1, 0.15) is 18.2 Å². The zero-order chi connectivity index (χ0) is 21.0. The van der Waals surface area contributed by atoms with Crippen LogP contribution in [0.5, 0.6) is 0 Å². The third-order valence-electron chi connectivity index (χ3n) is 4.31. The molecule has 0 radical (unpaired) electrons. The molecule has 1 atom stereocenters. The molecule has 0 amide bonds. The summed E-state index contributed by atoms with van der Waals surface area (Å²) in [7, 11) is 0. The van der Waals surface area contributed by atoms with Gasteiger partial charge in [-0.15, -0.1) is 6.58 Å². The number of fused-ring (bicyclic) bond motifs is 1. The molecule has 1 aromatic carbocycles. The summed E-state index contributed by atoms with van der Waals surface area (Å²) in [4.78, 5) is 32.9. The van der Waals surface area contributed by atoms with Crippen molar-refractivity contribution in [2.75, 3.05) is 17.7 Å². The number of aromatic nitrogens is 2. The summed E-state index contributed by atoms with van der Waals surface area (Å²) in [6.45, 7) is 8.94. The van der Waals surface area contributed by atoms with Crippen LogP contribution >= 0.6 is 11.8 Å². The molecule has 8 heteroatoms. The van der Waals surface area contributed by atoms with Gasteiger partial charge in [0.2, 0.25) is 0 Å². The van der Waals surface area contributed by atoms with Crippen molar-refractivity contribution in [2.45, 2.75) is 18.0 Å². The van der Waals surface area contributed by atoms with Crippen molar-refractivity contribution in [3.8, 4) is 0 Å². The number of H-pyrrole nitrogens is 1. The Morgan fingerprint density at radius 2 is 2.03 bits per heavy atom. The van der Waals surface area contributed by atoms with Gasteiger partial charge in [-0.05, 0) is 24.6 Å². The van der Waals surface area contributed by atoms with Crippen molar-refractivity contribution in [1.29, 1.82) is 0 Å². The van der Waals surface area contributed by atoms with E-state index < -0.39 is 17.7 Å². The number of carbonyl (C=O) groups excluding carboxylic acids is 1. The number of ether oxygens (including phenoxy) is 1. The number of nitrogens with zero attached hydrogens (tertiary/aromatic N) is 1. The summed E-state index contributed by atoms with van der Waals surface area (Å²) >= 11 is 1.33. The quantitative estimate of drug-likeness (QED) is 0.311. The first kappa shape index (κ1) is 20.6. The maximum Gasteiger partial charge on any atom is 0.337 e. The summed E-state index contributed by atoms with van der Waals surface area (Å²) in [6, 6.07) is 5.66. The molecule has 2 heterocycles. The van der Waals surface area contributed by atoms with Gasteiger partial charge in [-0.2, -0.15) is 0 Å². The predicted octanol–water partition coefficient (Wildman–Crippen LogP) is 3.75. The molecule has 29 heavy (non-hydrogen) atoms. The Hall–Kier alpha value is -3.13. The lowest BCUT2D eigenvalue weighted by Gasteiger charge is -2.28. The predicted molar refractivity (Wildman–Crippen MR) is 112 cm³/mol. The number of thioether (sulfide) groups is 1. The van der Waals surface area contributed by atoms with Crippen LogP contribution in [-0.2, 0) is 9.53 Å². The largest absolute Gasteiger partial charge is 0.458 e. The number of esters is 1. The summed E-state index contributed by atoms with van der Waals surface area (Å²) < 4.78 is 18.7. The van der Waals surface area contributed by atoms with Gasteiger partial charge in [0, 0.05) is 11.4 Å². The monoisotopic (exact) mass is 413 g/mol. The highest BCUT2D eigenvalue weighted by atomic mass is 32.2. The Bertz CT molecular complexity index is 1040. The van der Waals surface area contributed by atoms with Gasteiger partial charge in [0.05, 0.1) is 17.1 Å². The highest BCUT2D eigenvalue weighted by molar-refractivity contribution is 7.99. The minimum atomic E-state index is -0.751. The third kappa shape index (κ3) is 4.32. The third-order valence-corrected chi connectivity index (χ3v) is 5.18. The Morgan fingerprint density at radius 1 is 1.31 bits per heavy atom. The first-order valence-corrected chi connectivity index (χ1v) is 9.84. The highest BCUT2D eigenvalue weighted by Crippen LogP contribution is 2.40. The van der Waals surface area contributed by atoms with Crippen molar-refractivity contribution in [3.63, 3.8) is 0 Å². The number of halogens is 1. The fourth-order valence-electron chi connectivity index (χ4n) is 3.11. The van der Waals surface area contributed by atoms with E-state index in [1.807, 2.05) is 0 Å². The fraction of sp³-hybridized carbons (Fsp3) is 0.190. The number of nitrogens with one attached hydrogen (secondary N) is 2. The molecule has 0 saturated carbocycles. The molecular weight excluding hydrogens is 393 g/mol. The maximum absolute atomic E-state index is 13.5. The van der Waals surface area contributed by atoms with Gasteiger partial charge in [-0.3, -0.25) is 4.79 Å². The number of benzene rings is 1. The van der Waals surface area contributed by atoms with Crippen LogP contribution in [-0.4, -0.2) is 28.3 Å². The summed E-state index contributed by atoms with van der Waals surface area (Å²) in [6.07, 6.45) is 3.17. The van der Waals surface area contributed by atoms with Crippen LogP contribution in [0.1, 0.15) is 24.0 Å². The van der Waals surface area contributed by atoms with Crippen LogP contribution in [0.3, 0.4) is 0 Å². The molecule has 3 rings (SSSR count). The number of hydrogen-bond donors (Lipinski definition) is 2. The number of hydrogen-bond acceptors (Lipinski definition) is 6. The summed E-state index contributed by atoms with van der Waals surface area (Å²) in [5.74, 6) is -0.815. The Kier molecular flexibility index (Phi) is 6.33. The molecule has 0 spiro atoms. The first-order valence-electron chi connectivity index (χ1n) is 8.85. The van der Waals surface area contributed by atoms with Crippen LogP contribution in [0.2, 0.25) is 0 Å². The van der Waals surface area contributed by atoms with Crippen LogP contribution in [0.15, 0.2) is 70.8 Å². The number of anilines is 1. The molecule has 0 bridgehead atoms. The molecule has 0 saturated heterocycles. The lowest BCUT2D eigenvalue weighted by atomic mass is 9.82. The second-order valence-electron chi connectivity index (χ2n) is 6.27. The van der Waals surface area contributed by atoms with Gasteiger partial charge >= 0.3 is 5.97 Å². The van der Waals surface area contributed by atoms with E-state index in [4.69, 9.17) is 4.74 Å². The minimum absolute atomic E-state index is 0.0321. The van der Waals surface area contributed by atoms with E-state index in [9.17, 15) is 14.0 Å². The van der Waals surface area contributed by atoms with Gasteiger partial charge in [-0.25, -0.2) is 14.2 Å². The van der Waals surface area contributed by atoms with E-state index >= 15 is 0 Å². The second-order valence-corrected chi connectivity index (χ2v) is 7.28. The normalized spacial score (nSPS) is 15.3. The van der Waals surface area contributed by atoms with Crippen molar-refractivity contribution < 1.29 is 13.9 Å².